The number of hydrogen-bond acceptors (Lipinski definition) is 4. The van der Waals surface area contributed by atoms with Crippen molar-refractivity contribution < 1.29 is 0 Å². The Balaban J connectivity index is 2.23. The second kappa shape index (κ2) is 4.71. The van der Waals surface area contributed by atoms with Crippen LogP contribution in [0, 0.1) is 6.92 Å². The Bertz CT molecular complexity index is 522. The van der Waals surface area contributed by atoms with Gasteiger partial charge in [-0.3, -0.25) is 0 Å². The molecule has 0 saturated heterocycles. The van der Waals surface area contributed by atoms with Crippen molar-refractivity contribution in [3.05, 3.63) is 35.3 Å². The molecule has 0 saturated carbocycles. The summed E-state index contributed by atoms with van der Waals surface area (Å²) < 4.78 is 1.98. The number of hydrogen-bond donors (Lipinski definition) is 0. The highest BCUT2D eigenvalue weighted by atomic mass is 35.5. The lowest BCUT2D eigenvalue weighted by atomic mass is 10.3. The summed E-state index contributed by atoms with van der Waals surface area (Å²) in [6.07, 6.45) is 5.17. The molecule has 5 nitrogen and oxygen atoms in total. The zero-order valence-corrected chi connectivity index (χ0v) is 10.8. The van der Waals surface area contributed by atoms with Crippen LogP contribution in [0.1, 0.15) is 11.4 Å². The van der Waals surface area contributed by atoms with Crippen molar-refractivity contribution >= 4 is 17.4 Å². The van der Waals surface area contributed by atoms with Gasteiger partial charge in [-0.05, 0) is 6.92 Å². The number of rotatable bonds is 3. The van der Waals surface area contributed by atoms with Gasteiger partial charge in [-0.15, -0.1) is 0 Å². The van der Waals surface area contributed by atoms with Gasteiger partial charge >= 0.3 is 0 Å². The standard InChI is InChI=1S/C11H14ClN5/c1-8-10(12)14-7-15-11(8)17(3)6-9-13-4-5-16(9)2/h4-5,7H,6H2,1-3H3. The van der Waals surface area contributed by atoms with Gasteiger partial charge in [-0.1, -0.05) is 11.6 Å². The van der Waals surface area contributed by atoms with Crippen LogP contribution in [-0.2, 0) is 13.6 Å². The van der Waals surface area contributed by atoms with E-state index in [2.05, 4.69) is 15.0 Å². The van der Waals surface area contributed by atoms with Crippen LogP contribution in [0.25, 0.3) is 0 Å². The molecule has 0 unspecified atom stereocenters. The topological polar surface area (TPSA) is 46.8 Å². The molecule has 17 heavy (non-hydrogen) atoms. The molecule has 0 N–H and O–H groups in total. The third-order valence-corrected chi connectivity index (χ3v) is 3.04. The summed E-state index contributed by atoms with van der Waals surface area (Å²) in [6.45, 7) is 2.59. The molecular formula is C11H14ClN5. The lowest BCUT2D eigenvalue weighted by Gasteiger charge is -2.19. The second-order valence-electron chi connectivity index (χ2n) is 3.92. The van der Waals surface area contributed by atoms with Gasteiger partial charge in [0.15, 0.2) is 0 Å². The first-order valence-electron chi connectivity index (χ1n) is 5.24. The third-order valence-electron chi connectivity index (χ3n) is 2.66. The number of imidazole rings is 1. The summed E-state index contributed by atoms with van der Waals surface area (Å²) in [4.78, 5) is 14.5. The maximum absolute atomic E-state index is 5.97. The second-order valence-corrected chi connectivity index (χ2v) is 4.28. The molecule has 0 aromatic carbocycles. The van der Waals surface area contributed by atoms with Crippen molar-refractivity contribution in [3.8, 4) is 0 Å². The Kier molecular flexibility index (Phi) is 3.28. The van der Waals surface area contributed by atoms with Gasteiger partial charge in [-0.2, -0.15) is 0 Å². The summed E-state index contributed by atoms with van der Waals surface area (Å²) in [5.74, 6) is 1.80. The van der Waals surface area contributed by atoms with Crippen molar-refractivity contribution in [1.82, 2.24) is 19.5 Å². The first-order valence-corrected chi connectivity index (χ1v) is 5.62. The molecule has 0 bridgehead atoms. The first-order chi connectivity index (χ1) is 8.09. The molecule has 2 heterocycles. The molecule has 0 spiro atoms. The fourth-order valence-electron chi connectivity index (χ4n) is 1.64. The maximum atomic E-state index is 5.97. The monoisotopic (exact) mass is 251 g/mol. The molecule has 6 heteroatoms. The molecule has 0 amide bonds. The summed E-state index contributed by atoms with van der Waals surface area (Å²) in [5.41, 5.74) is 0.880. The Labute approximate surface area is 105 Å². The third kappa shape index (κ3) is 2.39. The van der Waals surface area contributed by atoms with E-state index in [1.807, 2.05) is 36.7 Å². The molecule has 2 aromatic heterocycles. The molecule has 0 aliphatic carbocycles. The van der Waals surface area contributed by atoms with Gasteiger partial charge in [0, 0.05) is 32.1 Å². The Morgan fingerprint density at radius 2 is 2.12 bits per heavy atom. The molecule has 90 valence electrons. The normalized spacial score (nSPS) is 10.6. The number of aromatic nitrogens is 4. The summed E-state index contributed by atoms with van der Waals surface area (Å²) in [6, 6.07) is 0. The van der Waals surface area contributed by atoms with Gasteiger partial charge < -0.3 is 9.47 Å². The van der Waals surface area contributed by atoms with Gasteiger partial charge in [0.2, 0.25) is 0 Å². The van der Waals surface area contributed by atoms with Crippen LogP contribution in [0.15, 0.2) is 18.7 Å². The van der Waals surface area contributed by atoms with E-state index in [1.54, 1.807) is 6.20 Å². The highest BCUT2D eigenvalue weighted by molar-refractivity contribution is 6.30. The Morgan fingerprint density at radius 3 is 2.76 bits per heavy atom. The van der Waals surface area contributed by atoms with E-state index in [-0.39, 0.29) is 0 Å². The largest absolute Gasteiger partial charge is 0.352 e. The molecule has 2 rings (SSSR count). The van der Waals surface area contributed by atoms with Crippen LogP contribution in [0.3, 0.4) is 0 Å². The van der Waals surface area contributed by atoms with Gasteiger partial charge in [0.05, 0.1) is 6.54 Å². The van der Waals surface area contributed by atoms with E-state index in [4.69, 9.17) is 11.6 Å². The predicted molar refractivity (Wildman–Crippen MR) is 67.1 cm³/mol. The van der Waals surface area contributed by atoms with Crippen LogP contribution >= 0.6 is 11.6 Å². The van der Waals surface area contributed by atoms with Crippen molar-refractivity contribution in [3.63, 3.8) is 0 Å². The number of nitrogens with zero attached hydrogens (tertiary/aromatic N) is 5. The van der Waals surface area contributed by atoms with E-state index in [0.29, 0.717) is 11.7 Å². The van der Waals surface area contributed by atoms with Crippen LogP contribution in [0.4, 0.5) is 5.82 Å². The summed E-state index contributed by atoms with van der Waals surface area (Å²) in [5, 5.41) is 0.488. The highest BCUT2D eigenvalue weighted by Crippen LogP contribution is 2.21. The summed E-state index contributed by atoms with van der Waals surface area (Å²) in [7, 11) is 3.93. The smallest absolute Gasteiger partial charge is 0.137 e. The first kappa shape index (κ1) is 11.9. The van der Waals surface area contributed by atoms with Crippen LogP contribution in [0.5, 0.6) is 0 Å². The van der Waals surface area contributed by atoms with Crippen LogP contribution in [-0.4, -0.2) is 26.6 Å². The average molecular weight is 252 g/mol. The van der Waals surface area contributed by atoms with Crippen LogP contribution < -0.4 is 4.90 Å². The lowest BCUT2D eigenvalue weighted by Crippen LogP contribution is -2.21. The van der Waals surface area contributed by atoms with Crippen LogP contribution in [0.2, 0.25) is 5.15 Å². The molecule has 0 fully saturated rings. The van der Waals surface area contributed by atoms with Crippen molar-refractivity contribution in [1.29, 1.82) is 0 Å². The quantitative estimate of drug-likeness (QED) is 0.781. The molecule has 0 radical (unpaired) electrons. The maximum Gasteiger partial charge on any atom is 0.137 e. The minimum atomic E-state index is 0.488. The zero-order valence-electron chi connectivity index (χ0n) is 10.1. The van der Waals surface area contributed by atoms with Crippen molar-refractivity contribution in [2.24, 2.45) is 7.05 Å². The van der Waals surface area contributed by atoms with E-state index in [0.717, 1.165) is 17.2 Å². The minimum Gasteiger partial charge on any atom is -0.352 e. The predicted octanol–water partition coefficient (Wildman–Crippen LogP) is 1.81. The average Bonchev–Trinajstić information content (AvgIpc) is 2.68. The summed E-state index contributed by atoms with van der Waals surface area (Å²) >= 11 is 5.97. The van der Waals surface area contributed by atoms with E-state index in [1.165, 1.54) is 6.33 Å². The fraction of sp³-hybridized carbons (Fsp3) is 0.364. The fourth-order valence-corrected chi connectivity index (χ4v) is 1.77. The molecular weight excluding hydrogens is 238 g/mol. The van der Waals surface area contributed by atoms with Gasteiger partial charge in [-0.25, -0.2) is 15.0 Å². The van der Waals surface area contributed by atoms with E-state index >= 15 is 0 Å². The number of anilines is 1. The molecule has 0 atom stereocenters. The Morgan fingerprint density at radius 1 is 1.35 bits per heavy atom. The van der Waals surface area contributed by atoms with E-state index < -0.39 is 0 Å². The van der Waals surface area contributed by atoms with Gasteiger partial charge in [0.25, 0.3) is 0 Å². The lowest BCUT2D eigenvalue weighted by molar-refractivity contribution is 0.752. The number of aryl methyl sites for hydroxylation is 1. The molecule has 2 aromatic rings. The Hall–Kier alpha value is -1.62. The minimum absolute atomic E-state index is 0.488. The highest BCUT2D eigenvalue weighted by Gasteiger charge is 2.11. The molecule has 0 aliphatic rings. The van der Waals surface area contributed by atoms with Crippen molar-refractivity contribution in [2.75, 3.05) is 11.9 Å². The molecule has 0 aliphatic heterocycles. The number of halogens is 1. The SMILES string of the molecule is Cc1c(Cl)ncnc1N(C)Cc1nccn1C. The van der Waals surface area contributed by atoms with Gasteiger partial charge in [0.1, 0.15) is 23.1 Å². The van der Waals surface area contributed by atoms with Crippen molar-refractivity contribution in [2.45, 2.75) is 13.5 Å². The van der Waals surface area contributed by atoms with E-state index in [9.17, 15) is 0 Å². The zero-order chi connectivity index (χ0) is 12.4.